The summed E-state index contributed by atoms with van der Waals surface area (Å²) in [6.45, 7) is 0. The van der Waals surface area contributed by atoms with E-state index in [2.05, 4.69) is 4.98 Å². The van der Waals surface area contributed by atoms with Gasteiger partial charge in [0.15, 0.2) is 15.6 Å². The lowest BCUT2D eigenvalue weighted by atomic mass is 10.1. The standard InChI is InChI=1S/C12H11NO3S2/c1-18(15,16)11-4-2-3-9(5-11)12(14)6-10-7-13-8-17-10/h2-5,7-8H,6H2,1H3. The number of aromatic nitrogens is 1. The van der Waals surface area contributed by atoms with Crippen LogP contribution in [0.1, 0.15) is 15.2 Å². The molecule has 0 aliphatic heterocycles. The molecule has 0 aliphatic carbocycles. The summed E-state index contributed by atoms with van der Waals surface area (Å²) in [5.41, 5.74) is 2.07. The van der Waals surface area contributed by atoms with Gasteiger partial charge >= 0.3 is 0 Å². The lowest BCUT2D eigenvalue weighted by Gasteiger charge is -2.02. The third kappa shape index (κ3) is 3.02. The molecular formula is C12H11NO3S2. The van der Waals surface area contributed by atoms with Crippen LogP contribution in [-0.4, -0.2) is 25.4 Å². The molecule has 0 bridgehead atoms. The van der Waals surface area contributed by atoms with Crippen molar-refractivity contribution in [3.05, 3.63) is 46.4 Å². The minimum atomic E-state index is -3.28. The second-order valence-electron chi connectivity index (χ2n) is 3.87. The lowest BCUT2D eigenvalue weighted by Crippen LogP contribution is -2.05. The van der Waals surface area contributed by atoms with Crippen molar-refractivity contribution >= 4 is 27.0 Å². The van der Waals surface area contributed by atoms with E-state index in [0.29, 0.717) is 5.56 Å². The topological polar surface area (TPSA) is 64.1 Å². The molecular weight excluding hydrogens is 270 g/mol. The Balaban J connectivity index is 2.26. The number of Topliss-reactive ketones (excluding diaryl/α,β-unsaturated/α-hetero) is 1. The molecule has 0 saturated heterocycles. The maximum atomic E-state index is 12.0. The lowest BCUT2D eigenvalue weighted by molar-refractivity contribution is 0.0993. The van der Waals surface area contributed by atoms with Crippen LogP contribution in [0.2, 0.25) is 0 Å². The average Bonchev–Trinajstić information content (AvgIpc) is 2.81. The van der Waals surface area contributed by atoms with Crippen LogP contribution in [0, 0.1) is 0 Å². The van der Waals surface area contributed by atoms with E-state index in [1.165, 1.54) is 23.5 Å². The van der Waals surface area contributed by atoms with Crippen molar-refractivity contribution in [3.8, 4) is 0 Å². The van der Waals surface area contributed by atoms with E-state index in [4.69, 9.17) is 0 Å². The molecule has 0 atom stereocenters. The Hall–Kier alpha value is -1.53. The van der Waals surface area contributed by atoms with Gasteiger partial charge in [-0.2, -0.15) is 0 Å². The highest BCUT2D eigenvalue weighted by Gasteiger charge is 2.12. The quantitative estimate of drug-likeness (QED) is 0.804. The van der Waals surface area contributed by atoms with E-state index in [-0.39, 0.29) is 17.1 Å². The summed E-state index contributed by atoms with van der Waals surface area (Å²) >= 11 is 1.41. The highest BCUT2D eigenvalue weighted by atomic mass is 32.2. The number of benzene rings is 1. The summed E-state index contributed by atoms with van der Waals surface area (Å²) in [5, 5.41) is 0. The number of carbonyl (C=O) groups excluding carboxylic acids is 1. The Kier molecular flexibility index (Phi) is 3.58. The number of ketones is 1. The zero-order valence-electron chi connectivity index (χ0n) is 9.66. The molecule has 1 heterocycles. The first-order chi connectivity index (χ1) is 8.47. The summed E-state index contributed by atoms with van der Waals surface area (Å²) in [4.78, 5) is 16.9. The van der Waals surface area contributed by atoms with Gasteiger partial charge in [0.2, 0.25) is 0 Å². The number of thiazole rings is 1. The largest absolute Gasteiger partial charge is 0.294 e. The third-order valence-corrected chi connectivity index (χ3v) is 4.29. The first-order valence-electron chi connectivity index (χ1n) is 5.17. The maximum absolute atomic E-state index is 12.0. The van der Waals surface area contributed by atoms with Crippen LogP contribution in [0.4, 0.5) is 0 Å². The van der Waals surface area contributed by atoms with Gasteiger partial charge in [-0.1, -0.05) is 12.1 Å². The van der Waals surface area contributed by atoms with E-state index >= 15 is 0 Å². The van der Waals surface area contributed by atoms with Gasteiger partial charge < -0.3 is 0 Å². The summed E-state index contributed by atoms with van der Waals surface area (Å²) in [7, 11) is -3.28. The third-order valence-electron chi connectivity index (χ3n) is 2.40. The normalized spacial score (nSPS) is 11.4. The molecule has 4 nitrogen and oxygen atoms in total. The summed E-state index contributed by atoms with van der Waals surface area (Å²) in [6, 6.07) is 6.10. The van der Waals surface area contributed by atoms with Gasteiger partial charge in [0.05, 0.1) is 10.4 Å². The van der Waals surface area contributed by atoms with Crippen LogP contribution in [0.25, 0.3) is 0 Å². The Morgan fingerprint density at radius 3 is 2.78 bits per heavy atom. The molecule has 2 rings (SSSR count). The number of sulfone groups is 1. The van der Waals surface area contributed by atoms with Gasteiger partial charge in [0, 0.05) is 29.3 Å². The zero-order chi connectivity index (χ0) is 13.2. The van der Waals surface area contributed by atoms with Crippen molar-refractivity contribution in [1.82, 2.24) is 4.98 Å². The molecule has 0 amide bonds. The van der Waals surface area contributed by atoms with Gasteiger partial charge in [-0.05, 0) is 12.1 Å². The van der Waals surface area contributed by atoms with Crippen molar-refractivity contribution in [2.45, 2.75) is 11.3 Å². The molecule has 1 aromatic heterocycles. The van der Waals surface area contributed by atoms with Crippen molar-refractivity contribution in [2.24, 2.45) is 0 Å². The monoisotopic (exact) mass is 281 g/mol. The van der Waals surface area contributed by atoms with Crippen molar-refractivity contribution in [1.29, 1.82) is 0 Å². The van der Waals surface area contributed by atoms with Gasteiger partial charge in [0.25, 0.3) is 0 Å². The van der Waals surface area contributed by atoms with E-state index in [0.717, 1.165) is 11.1 Å². The van der Waals surface area contributed by atoms with E-state index in [9.17, 15) is 13.2 Å². The van der Waals surface area contributed by atoms with E-state index in [1.54, 1.807) is 23.8 Å². The molecule has 0 aliphatic rings. The predicted octanol–water partition coefficient (Wildman–Crippen LogP) is 1.97. The summed E-state index contributed by atoms with van der Waals surface area (Å²) < 4.78 is 22.8. The molecule has 0 spiro atoms. The van der Waals surface area contributed by atoms with Gasteiger partial charge in [-0.3, -0.25) is 9.78 Å². The fourth-order valence-electron chi connectivity index (χ4n) is 1.49. The highest BCUT2D eigenvalue weighted by molar-refractivity contribution is 7.90. The molecule has 0 saturated carbocycles. The van der Waals surface area contributed by atoms with Gasteiger partial charge in [-0.15, -0.1) is 11.3 Å². The number of carbonyl (C=O) groups is 1. The molecule has 1 aromatic carbocycles. The smallest absolute Gasteiger partial charge is 0.175 e. The van der Waals surface area contributed by atoms with E-state index < -0.39 is 9.84 Å². The zero-order valence-corrected chi connectivity index (χ0v) is 11.3. The molecule has 0 radical (unpaired) electrons. The number of hydrogen-bond acceptors (Lipinski definition) is 5. The average molecular weight is 281 g/mol. The predicted molar refractivity (Wildman–Crippen MR) is 69.7 cm³/mol. The van der Waals surface area contributed by atoms with E-state index in [1.807, 2.05) is 0 Å². The Bertz CT molecular complexity index is 660. The summed E-state index contributed by atoms with van der Waals surface area (Å²) in [5.74, 6) is -0.107. The summed E-state index contributed by atoms with van der Waals surface area (Å²) in [6.07, 6.45) is 3.01. The molecule has 2 aromatic rings. The molecule has 0 fully saturated rings. The molecule has 6 heteroatoms. The Morgan fingerprint density at radius 2 is 2.17 bits per heavy atom. The first kappa shape index (κ1) is 12.9. The number of rotatable bonds is 4. The van der Waals surface area contributed by atoms with Gasteiger partial charge in [0.1, 0.15) is 0 Å². The molecule has 94 valence electrons. The second kappa shape index (κ2) is 4.99. The fourth-order valence-corrected chi connectivity index (χ4v) is 2.75. The SMILES string of the molecule is CS(=O)(=O)c1cccc(C(=O)Cc2cncs2)c1. The van der Waals surface area contributed by atoms with Crippen LogP contribution in [-0.2, 0) is 16.3 Å². The van der Waals surface area contributed by atoms with Gasteiger partial charge in [-0.25, -0.2) is 8.42 Å². The number of hydrogen-bond donors (Lipinski definition) is 0. The first-order valence-corrected chi connectivity index (χ1v) is 7.94. The van der Waals surface area contributed by atoms with Crippen LogP contribution < -0.4 is 0 Å². The Labute approximate surface area is 109 Å². The fraction of sp³-hybridized carbons (Fsp3) is 0.167. The minimum Gasteiger partial charge on any atom is -0.294 e. The maximum Gasteiger partial charge on any atom is 0.175 e. The minimum absolute atomic E-state index is 0.107. The van der Waals surface area contributed by atoms with Crippen molar-refractivity contribution in [3.63, 3.8) is 0 Å². The molecule has 0 unspecified atom stereocenters. The molecule has 0 N–H and O–H groups in total. The van der Waals surface area contributed by atoms with Crippen molar-refractivity contribution < 1.29 is 13.2 Å². The van der Waals surface area contributed by atoms with Crippen LogP contribution in [0.5, 0.6) is 0 Å². The number of nitrogens with zero attached hydrogens (tertiary/aromatic N) is 1. The molecule has 18 heavy (non-hydrogen) atoms. The Morgan fingerprint density at radius 1 is 1.39 bits per heavy atom. The highest BCUT2D eigenvalue weighted by Crippen LogP contribution is 2.15. The van der Waals surface area contributed by atoms with Crippen molar-refractivity contribution in [2.75, 3.05) is 6.26 Å². The van der Waals surface area contributed by atoms with Crippen LogP contribution >= 0.6 is 11.3 Å². The van der Waals surface area contributed by atoms with Crippen LogP contribution in [0.15, 0.2) is 40.9 Å². The second-order valence-corrected chi connectivity index (χ2v) is 6.85. The van der Waals surface area contributed by atoms with Crippen LogP contribution in [0.3, 0.4) is 0 Å².